The van der Waals surface area contributed by atoms with Crippen LogP contribution in [0.15, 0.2) is 23.6 Å². The summed E-state index contributed by atoms with van der Waals surface area (Å²) in [7, 11) is 1.41. The van der Waals surface area contributed by atoms with Gasteiger partial charge in [-0.1, -0.05) is 0 Å². The maximum atomic E-state index is 13.9. The van der Waals surface area contributed by atoms with E-state index in [9.17, 15) is 14.0 Å². The Morgan fingerprint density at radius 2 is 2.17 bits per heavy atom. The number of benzene rings is 1. The molecule has 2 heterocycles. The zero-order valence-corrected chi connectivity index (χ0v) is 17.5. The van der Waals surface area contributed by atoms with Gasteiger partial charge in [0, 0.05) is 30.1 Å². The summed E-state index contributed by atoms with van der Waals surface area (Å²) in [6.45, 7) is 4.83. The second-order valence-electron chi connectivity index (χ2n) is 7.27. The van der Waals surface area contributed by atoms with Crippen LogP contribution in [0.25, 0.3) is 11.3 Å². The van der Waals surface area contributed by atoms with E-state index in [-0.39, 0.29) is 29.6 Å². The van der Waals surface area contributed by atoms with Gasteiger partial charge < -0.3 is 20.3 Å². The van der Waals surface area contributed by atoms with E-state index < -0.39 is 5.82 Å². The number of halogens is 1. The van der Waals surface area contributed by atoms with Gasteiger partial charge in [-0.05, 0) is 44.9 Å². The van der Waals surface area contributed by atoms with Crippen molar-refractivity contribution >= 4 is 28.4 Å². The molecule has 7 nitrogen and oxygen atoms in total. The van der Waals surface area contributed by atoms with E-state index in [4.69, 9.17) is 4.74 Å². The Hall–Kier alpha value is -2.68. The minimum atomic E-state index is -0.467. The van der Waals surface area contributed by atoms with Crippen LogP contribution >= 0.6 is 11.3 Å². The summed E-state index contributed by atoms with van der Waals surface area (Å²) in [6, 6.07) is 4.52. The zero-order valence-electron chi connectivity index (χ0n) is 16.7. The summed E-state index contributed by atoms with van der Waals surface area (Å²) >= 11 is 1.28. The number of urea groups is 1. The van der Waals surface area contributed by atoms with Gasteiger partial charge in [-0.25, -0.2) is 14.2 Å². The quantitative estimate of drug-likeness (QED) is 0.772. The molecular weight excluding hydrogens is 395 g/mol. The van der Waals surface area contributed by atoms with E-state index >= 15 is 0 Å². The third-order valence-electron chi connectivity index (χ3n) is 4.67. The Bertz CT molecular complexity index is 886. The number of hydrogen-bond donors (Lipinski definition) is 2. The Balaban J connectivity index is 1.62. The lowest BCUT2D eigenvalue weighted by Crippen LogP contribution is -2.49. The Morgan fingerprint density at radius 1 is 1.38 bits per heavy atom. The van der Waals surface area contributed by atoms with Crippen molar-refractivity contribution in [3.63, 3.8) is 0 Å². The standard InChI is InChI=1S/C20H25FN4O3S/c1-12(2)22-20(27)25-8-4-5-14(10-25)18(26)24-19-23-16(11-29-19)13-6-7-17(28-3)15(21)9-13/h6-7,9,11-12,14H,4-5,8,10H2,1-3H3,(H,22,27)(H,23,24,26)/t14-/m0/s1. The molecule has 0 bridgehead atoms. The van der Waals surface area contributed by atoms with E-state index in [0.717, 1.165) is 12.8 Å². The molecule has 29 heavy (non-hydrogen) atoms. The van der Waals surface area contributed by atoms with Crippen molar-refractivity contribution in [1.82, 2.24) is 15.2 Å². The number of hydrogen-bond acceptors (Lipinski definition) is 5. The monoisotopic (exact) mass is 420 g/mol. The third kappa shape index (κ3) is 5.23. The molecule has 1 aliphatic rings. The lowest BCUT2D eigenvalue weighted by molar-refractivity contribution is -0.121. The number of amides is 3. The SMILES string of the molecule is COc1ccc(-c2csc(NC(=O)[C@H]3CCCN(C(=O)NC(C)C)C3)n2)cc1F. The highest BCUT2D eigenvalue weighted by atomic mass is 32.1. The Kier molecular flexibility index (Phi) is 6.68. The van der Waals surface area contributed by atoms with Crippen molar-refractivity contribution in [3.05, 3.63) is 29.4 Å². The van der Waals surface area contributed by atoms with Gasteiger partial charge in [0.25, 0.3) is 0 Å². The molecule has 1 aromatic carbocycles. The van der Waals surface area contributed by atoms with Crippen LogP contribution in [0.5, 0.6) is 5.75 Å². The van der Waals surface area contributed by atoms with E-state index in [1.807, 2.05) is 13.8 Å². The molecule has 2 aromatic rings. The van der Waals surface area contributed by atoms with Crippen molar-refractivity contribution in [2.75, 3.05) is 25.5 Å². The van der Waals surface area contributed by atoms with Gasteiger partial charge in [0.1, 0.15) is 0 Å². The number of ether oxygens (including phenoxy) is 1. The van der Waals surface area contributed by atoms with Crippen LogP contribution in [0.1, 0.15) is 26.7 Å². The molecule has 1 fully saturated rings. The second-order valence-corrected chi connectivity index (χ2v) is 8.12. The van der Waals surface area contributed by atoms with Gasteiger partial charge in [0.15, 0.2) is 16.7 Å². The number of rotatable bonds is 5. The van der Waals surface area contributed by atoms with Gasteiger partial charge in [-0.15, -0.1) is 11.3 Å². The molecule has 0 aliphatic carbocycles. The lowest BCUT2D eigenvalue weighted by atomic mass is 9.97. The summed E-state index contributed by atoms with van der Waals surface area (Å²) in [5.74, 6) is -0.743. The predicted octanol–water partition coefficient (Wildman–Crippen LogP) is 3.73. The molecule has 0 unspecified atom stereocenters. The minimum Gasteiger partial charge on any atom is -0.494 e. The van der Waals surface area contributed by atoms with E-state index in [2.05, 4.69) is 15.6 Å². The number of nitrogens with zero attached hydrogens (tertiary/aromatic N) is 2. The van der Waals surface area contributed by atoms with Crippen molar-refractivity contribution in [2.45, 2.75) is 32.7 Å². The number of likely N-dealkylation sites (tertiary alicyclic amines) is 1. The highest BCUT2D eigenvalue weighted by molar-refractivity contribution is 7.14. The number of anilines is 1. The highest BCUT2D eigenvalue weighted by Gasteiger charge is 2.29. The Morgan fingerprint density at radius 3 is 2.86 bits per heavy atom. The first-order chi connectivity index (χ1) is 13.9. The van der Waals surface area contributed by atoms with Crippen LogP contribution in [-0.4, -0.2) is 48.1 Å². The average Bonchev–Trinajstić information content (AvgIpc) is 3.16. The van der Waals surface area contributed by atoms with Crippen molar-refractivity contribution in [1.29, 1.82) is 0 Å². The van der Waals surface area contributed by atoms with Gasteiger partial charge >= 0.3 is 6.03 Å². The number of thiazole rings is 1. The molecule has 3 amide bonds. The number of carbonyl (C=O) groups is 2. The molecule has 3 rings (SSSR count). The fourth-order valence-corrected chi connectivity index (χ4v) is 3.93. The van der Waals surface area contributed by atoms with Crippen LogP contribution in [0.3, 0.4) is 0 Å². The molecule has 1 saturated heterocycles. The maximum absolute atomic E-state index is 13.9. The van der Waals surface area contributed by atoms with Crippen LogP contribution in [0.2, 0.25) is 0 Å². The van der Waals surface area contributed by atoms with Crippen LogP contribution in [-0.2, 0) is 4.79 Å². The summed E-state index contributed by atoms with van der Waals surface area (Å²) in [5, 5.41) is 7.91. The molecule has 0 spiro atoms. The van der Waals surface area contributed by atoms with Crippen molar-refractivity contribution in [3.8, 4) is 17.0 Å². The number of aromatic nitrogens is 1. The predicted molar refractivity (Wildman–Crippen MR) is 111 cm³/mol. The number of piperidine rings is 1. The molecule has 156 valence electrons. The average molecular weight is 421 g/mol. The Labute approximate surface area is 173 Å². The van der Waals surface area contributed by atoms with E-state index in [1.165, 1.54) is 24.5 Å². The van der Waals surface area contributed by atoms with Gasteiger partial charge in [0.2, 0.25) is 5.91 Å². The molecule has 1 aliphatic heterocycles. The van der Waals surface area contributed by atoms with Crippen LogP contribution in [0, 0.1) is 11.7 Å². The fourth-order valence-electron chi connectivity index (χ4n) is 3.21. The van der Waals surface area contributed by atoms with Crippen molar-refractivity contribution in [2.24, 2.45) is 5.92 Å². The van der Waals surface area contributed by atoms with E-state index in [0.29, 0.717) is 29.5 Å². The summed E-state index contributed by atoms with van der Waals surface area (Å²) in [6.07, 6.45) is 1.50. The van der Waals surface area contributed by atoms with Gasteiger partial charge in [0.05, 0.1) is 18.7 Å². The normalized spacial score (nSPS) is 16.6. The molecule has 1 atom stereocenters. The smallest absolute Gasteiger partial charge is 0.317 e. The zero-order chi connectivity index (χ0) is 21.0. The maximum Gasteiger partial charge on any atom is 0.317 e. The third-order valence-corrected chi connectivity index (χ3v) is 5.43. The second kappa shape index (κ2) is 9.21. The molecule has 9 heteroatoms. The summed E-state index contributed by atoms with van der Waals surface area (Å²) in [5.41, 5.74) is 1.18. The number of nitrogens with one attached hydrogen (secondary N) is 2. The molecular formula is C20H25FN4O3S. The summed E-state index contributed by atoms with van der Waals surface area (Å²) < 4.78 is 18.8. The topological polar surface area (TPSA) is 83.6 Å². The first-order valence-electron chi connectivity index (χ1n) is 9.53. The van der Waals surface area contributed by atoms with E-state index in [1.54, 1.807) is 22.4 Å². The molecule has 0 saturated carbocycles. The first kappa shape index (κ1) is 21.0. The highest BCUT2D eigenvalue weighted by Crippen LogP contribution is 2.29. The number of carbonyl (C=O) groups excluding carboxylic acids is 2. The summed E-state index contributed by atoms with van der Waals surface area (Å²) in [4.78, 5) is 30.9. The van der Waals surface area contributed by atoms with Gasteiger partial charge in [-0.3, -0.25) is 4.79 Å². The molecule has 0 radical (unpaired) electrons. The van der Waals surface area contributed by atoms with Crippen LogP contribution in [0.4, 0.5) is 14.3 Å². The van der Waals surface area contributed by atoms with Crippen molar-refractivity contribution < 1.29 is 18.7 Å². The minimum absolute atomic E-state index is 0.0493. The number of methoxy groups -OCH3 is 1. The fraction of sp³-hybridized carbons (Fsp3) is 0.450. The van der Waals surface area contributed by atoms with Gasteiger partial charge in [-0.2, -0.15) is 0 Å². The molecule has 2 N–H and O–H groups in total. The first-order valence-corrected chi connectivity index (χ1v) is 10.4. The largest absolute Gasteiger partial charge is 0.494 e. The van der Waals surface area contributed by atoms with Crippen LogP contribution < -0.4 is 15.4 Å². The molecule has 1 aromatic heterocycles. The lowest BCUT2D eigenvalue weighted by Gasteiger charge is -2.32.